The zero-order valence-electron chi connectivity index (χ0n) is 20.0. The molecule has 0 saturated heterocycles. The van der Waals surface area contributed by atoms with Crippen molar-refractivity contribution in [1.29, 1.82) is 0 Å². The van der Waals surface area contributed by atoms with E-state index in [4.69, 9.17) is 0 Å². The van der Waals surface area contributed by atoms with E-state index in [1.165, 1.54) is 70.6 Å². The summed E-state index contributed by atoms with van der Waals surface area (Å²) in [7, 11) is -1.32. The summed E-state index contributed by atoms with van der Waals surface area (Å²) in [6.45, 7) is 16.6. The van der Waals surface area contributed by atoms with Crippen LogP contribution in [0.3, 0.4) is 0 Å². The summed E-state index contributed by atoms with van der Waals surface area (Å²) in [5, 5.41) is 0. The Hall–Kier alpha value is 0.316. The summed E-state index contributed by atoms with van der Waals surface area (Å²) in [5.74, 6) is 3.88. The van der Waals surface area contributed by atoms with Gasteiger partial charge in [0.25, 0.3) is 0 Å². The van der Waals surface area contributed by atoms with E-state index in [0.29, 0.717) is 0 Å². The van der Waals surface area contributed by atoms with E-state index in [0.717, 1.165) is 0 Å². The van der Waals surface area contributed by atoms with Gasteiger partial charge < -0.3 is 0 Å². The Bertz CT molecular complexity index is 425. The molecule has 0 spiro atoms. The number of hydrogen-bond acceptors (Lipinski definition) is 0. The first-order chi connectivity index (χ1) is 12.8. The second-order valence-electron chi connectivity index (χ2n) is 9.56. The van der Waals surface area contributed by atoms with Gasteiger partial charge in [0.1, 0.15) is 0 Å². The van der Waals surface area contributed by atoms with Crippen molar-refractivity contribution in [2.24, 2.45) is 0 Å². The van der Waals surface area contributed by atoms with Crippen molar-refractivity contribution < 1.29 is 0 Å². The van der Waals surface area contributed by atoms with Crippen LogP contribution in [0.15, 0.2) is 9.67 Å². The molecule has 0 rings (SSSR count). The minimum atomic E-state index is -2.36. The first-order valence-electron chi connectivity index (χ1n) is 12.1. The summed E-state index contributed by atoms with van der Waals surface area (Å²) in [6, 6.07) is 0. The van der Waals surface area contributed by atoms with Crippen LogP contribution in [0.2, 0.25) is 33.0 Å². The van der Waals surface area contributed by atoms with Crippen molar-refractivity contribution in [2.75, 3.05) is 0 Å². The third-order valence-electron chi connectivity index (χ3n) is 5.58. The third-order valence-corrected chi connectivity index (χ3v) is 21.9. The fourth-order valence-corrected chi connectivity index (χ4v) is 20.5. The Morgan fingerprint density at radius 2 is 1.19 bits per heavy atom. The number of allylic oxidation sites excluding steroid dienone is 2. The molecule has 158 valence electrons. The number of unbranched alkanes of at least 4 members (excludes halogenated alkanes) is 7. The van der Waals surface area contributed by atoms with E-state index in [9.17, 15) is 0 Å². The molecule has 0 amide bonds. The second kappa shape index (κ2) is 16.1. The molecule has 0 nitrogen and oxygen atoms in total. The van der Waals surface area contributed by atoms with Gasteiger partial charge in [-0.15, -0.1) is 0 Å². The summed E-state index contributed by atoms with van der Waals surface area (Å²) >= 11 is -2.36. The van der Waals surface area contributed by atoms with E-state index >= 15 is 0 Å². The molecule has 0 bridgehead atoms. The Kier molecular flexibility index (Phi) is 16.3. The van der Waals surface area contributed by atoms with Gasteiger partial charge in [0, 0.05) is 0 Å². The third kappa shape index (κ3) is 13.2. The Labute approximate surface area is 178 Å². The van der Waals surface area contributed by atoms with Crippen LogP contribution in [0, 0.1) is 11.5 Å². The van der Waals surface area contributed by atoms with Crippen molar-refractivity contribution >= 4 is 26.5 Å². The zero-order chi connectivity index (χ0) is 20.6. The van der Waals surface area contributed by atoms with Crippen LogP contribution >= 0.6 is 0 Å². The molecule has 2 heteroatoms. The van der Waals surface area contributed by atoms with Gasteiger partial charge in [-0.25, -0.2) is 0 Å². The molecule has 0 saturated carbocycles. The average Bonchev–Trinajstić information content (AvgIpc) is 2.63. The van der Waals surface area contributed by atoms with Crippen molar-refractivity contribution in [2.45, 2.75) is 131 Å². The van der Waals surface area contributed by atoms with Crippen molar-refractivity contribution in [3.8, 4) is 11.5 Å². The number of rotatable bonds is 15. The van der Waals surface area contributed by atoms with Gasteiger partial charge in [0.05, 0.1) is 0 Å². The van der Waals surface area contributed by atoms with Crippen molar-refractivity contribution in [3.63, 3.8) is 0 Å². The molecular formula is C25H50SiSn. The van der Waals surface area contributed by atoms with Crippen LogP contribution in [0.5, 0.6) is 0 Å². The molecule has 0 fully saturated rings. The van der Waals surface area contributed by atoms with E-state index in [-0.39, 0.29) is 0 Å². The van der Waals surface area contributed by atoms with Crippen LogP contribution in [0.4, 0.5) is 0 Å². The normalized spacial score (nSPS) is 12.8. The summed E-state index contributed by atoms with van der Waals surface area (Å²) in [4.78, 5) is 0. The topological polar surface area (TPSA) is 0 Å². The first-order valence-corrected chi connectivity index (χ1v) is 23.1. The maximum atomic E-state index is 3.88. The van der Waals surface area contributed by atoms with Crippen LogP contribution in [-0.4, -0.2) is 26.5 Å². The van der Waals surface area contributed by atoms with Crippen molar-refractivity contribution in [1.82, 2.24) is 0 Å². The molecule has 0 atom stereocenters. The second-order valence-corrected chi connectivity index (χ2v) is 27.4. The average molecular weight is 497 g/mol. The SMILES string of the molecule is CCCCCC/C=[C](\C#C[Si](C)(C)C)[Sn]([CH2]CCC)([CH2]CCC)[CH2]CCC. The maximum absolute atomic E-state index is 3.88. The molecule has 0 aromatic rings. The zero-order valence-corrected chi connectivity index (χ0v) is 23.8. The van der Waals surface area contributed by atoms with Gasteiger partial charge in [-0.05, 0) is 0 Å². The predicted molar refractivity (Wildman–Crippen MR) is 133 cm³/mol. The molecule has 0 aliphatic rings. The Morgan fingerprint density at radius 3 is 1.59 bits per heavy atom. The van der Waals surface area contributed by atoms with E-state index in [1.54, 1.807) is 16.9 Å². The molecule has 0 radical (unpaired) electrons. The molecule has 27 heavy (non-hydrogen) atoms. The molecule has 0 aliphatic heterocycles. The first kappa shape index (κ1) is 27.3. The molecule has 0 unspecified atom stereocenters. The van der Waals surface area contributed by atoms with Gasteiger partial charge in [0.15, 0.2) is 0 Å². The summed E-state index contributed by atoms with van der Waals surface area (Å²) in [5.41, 5.74) is 3.78. The summed E-state index contributed by atoms with van der Waals surface area (Å²) in [6.07, 6.45) is 17.8. The van der Waals surface area contributed by atoms with Crippen LogP contribution in [0.25, 0.3) is 0 Å². The minimum absolute atomic E-state index is 1.28. The monoisotopic (exact) mass is 498 g/mol. The van der Waals surface area contributed by atoms with Crippen LogP contribution in [-0.2, 0) is 0 Å². The van der Waals surface area contributed by atoms with Crippen molar-refractivity contribution in [3.05, 3.63) is 9.67 Å². The Morgan fingerprint density at radius 1 is 0.704 bits per heavy atom. The quantitative estimate of drug-likeness (QED) is 0.120. The van der Waals surface area contributed by atoms with E-state index < -0.39 is 26.5 Å². The summed E-state index contributed by atoms with van der Waals surface area (Å²) < 4.78 is 6.38. The number of hydrogen-bond donors (Lipinski definition) is 0. The van der Waals surface area contributed by atoms with Crippen LogP contribution in [0.1, 0.15) is 98.3 Å². The fraction of sp³-hybridized carbons (Fsp3) is 0.840. The van der Waals surface area contributed by atoms with Gasteiger partial charge in [-0.3, -0.25) is 0 Å². The fourth-order valence-electron chi connectivity index (χ4n) is 3.80. The molecule has 0 aromatic heterocycles. The standard InChI is InChI=1S/C13H23Si.3C4H9.Sn/c1-5-6-7-8-9-10-11-12-13-14(2,3)4;3*1-3-4-2;/h10H,5-9H2,1-4H3;3*1,3-4H2,2H3;. The van der Waals surface area contributed by atoms with Gasteiger partial charge >= 0.3 is 179 Å². The van der Waals surface area contributed by atoms with Gasteiger partial charge in [0.2, 0.25) is 0 Å². The molecule has 0 heterocycles. The van der Waals surface area contributed by atoms with E-state index in [2.05, 4.69) is 64.9 Å². The molecule has 0 aliphatic carbocycles. The molecular weight excluding hydrogens is 447 g/mol. The molecule has 0 N–H and O–H groups in total. The van der Waals surface area contributed by atoms with Gasteiger partial charge in [-0.1, -0.05) is 0 Å². The van der Waals surface area contributed by atoms with Gasteiger partial charge in [-0.2, -0.15) is 0 Å². The van der Waals surface area contributed by atoms with E-state index in [1.807, 2.05) is 0 Å². The molecule has 0 aromatic carbocycles. The predicted octanol–water partition coefficient (Wildman–Crippen LogP) is 9.15. The Balaban J connectivity index is 5.76. The van der Waals surface area contributed by atoms with Crippen LogP contribution < -0.4 is 0 Å².